The van der Waals surface area contributed by atoms with Crippen molar-refractivity contribution in [2.24, 2.45) is 0 Å². The minimum atomic E-state index is 1.75. The summed E-state index contributed by atoms with van der Waals surface area (Å²) in [6.07, 6.45) is 1.75. The summed E-state index contributed by atoms with van der Waals surface area (Å²) in [5.74, 6) is 0. The molecule has 0 saturated heterocycles. The molecule has 0 unspecified atom stereocenters. The molecule has 0 saturated carbocycles. The van der Waals surface area contributed by atoms with Crippen LogP contribution >= 0.6 is 0 Å². The Morgan fingerprint density at radius 1 is 1.75 bits per heavy atom. The quantitative estimate of drug-likeness (QED) is 0.424. The van der Waals surface area contributed by atoms with E-state index < -0.39 is 0 Å². The fourth-order valence-electron chi connectivity index (χ4n) is 0. The molecular formula is C3H4Ge. The SMILES string of the molecule is C=C[CH]=[Ge]. The van der Waals surface area contributed by atoms with Gasteiger partial charge in [0.2, 0.25) is 0 Å². The molecule has 0 spiro atoms. The maximum absolute atomic E-state index is 3.42. The second kappa shape index (κ2) is 3.15. The predicted molar refractivity (Wildman–Crippen MR) is 22.0 cm³/mol. The van der Waals surface area contributed by atoms with Gasteiger partial charge in [-0.25, -0.2) is 0 Å². The molecule has 0 aliphatic rings. The van der Waals surface area contributed by atoms with Gasteiger partial charge < -0.3 is 0 Å². The third-order valence-corrected chi connectivity index (χ3v) is 0.612. The van der Waals surface area contributed by atoms with Crippen molar-refractivity contribution in [2.45, 2.75) is 0 Å². The fourth-order valence-corrected chi connectivity index (χ4v) is 0. The van der Waals surface area contributed by atoms with E-state index in [4.69, 9.17) is 0 Å². The predicted octanol–water partition coefficient (Wildman–Crippen LogP) is 0.143. The standard InChI is InChI=1S/C3H4Ge/c1-2-3-4/h2-3H,1H2. The van der Waals surface area contributed by atoms with Crippen molar-refractivity contribution in [1.29, 1.82) is 0 Å². The van der Waals surface area contributed by atoms with Crippen molar-refractivity contribution in [3.63, 3.8) is 0 Å². The Balaban J connectivity index is 2.73. The maximum atomic E-state index is 3.42. The Labute approximate surface area is 34.3 Å². The summed E-state index contributed by atoms with van der Waals surface area (Å²) in [6.45, 7) is 3.42. The number of hydrogen-bond donors (Lipinski definition) is 0. The summed E-state index contributed by atoms with van der Waals surface area (Å²) in [4.78, 5) is 1.89. The van der Waals surface area contributed by atoms with Gasteiger partial charge in [0.25, 0.3) is 0 Å². The van der Waals surface area contributed by atoms with Crippen LogP contribution in [0.2, 0.25) is 0 Å². The normalized spacial score (nSPS) is 5.00. The van der Waals surface area contributed by atoms with Gasteiger partial charge in [0, 0.05) is 0 Å². The van der Waals surface area contributed by atoms with Crippen LogP contribution in [0, 0.1) is 0 Å². The van der Waals surface area contributed by atoms with Crippen LogP contribution in [-0.2, 0) is 0 Å². The summed E-state index contributed by atoms with van der Waals surface area (Å²) in [5.41, 5.74) is 0. The zero-order valence-electron chi connectivity index (χ0n) is 2.36. The van der Waals surface area contributed by atoms with Gasteiger partial charge in [-0.15, -0.1) is 0 Å². The van der Waals surface area contributed by atoms with Crippen LogP contribution in [0.5, 0.6) is 0 Å². The summed E-state index contributed by atoms with van der Waals surface area (Å²) in [5, 5.41) is 0. The molecule has 1 heteroatoms. The molecule has 0 aliphatic heterocycles. The Morgan fingerprint density at radius 2 is 2.00 bits per heavy atom. The summed E-state index contributed by atoms with van der Waals surface area (Å²) in [6, 6.07) is 0. The average molecular weight is 113 g/mol. The van der Waals surface area contributed by atoms with Crippen LogP contribution in [0.1, 0.15) is 0 Å². The van der Waals surface area contributed by atoms with E-state index in [0.29, 0.717) is 0 Å². The van der Waals surface area contributed by atoms with Gasteiger partial charge in [0.1, 0.15) is 0 Å². The summed E-state index contributed by atoms with van der Waals surface area (Å²) < 4.78 is 0. The van der Waals surface area contributed by atoms with Crippen molar-refractivity contribution in [3.05, 3.63) is 12.7 Å². The van der Waals surface area contributed by atoms with E-state index in [2.05, 4.69) is 6.58 Å². The van der Waals surface area contributed by atoms with Crippen molar-refractivity contribution in [1.82, 2.24) is 0 Å². The molecule has 0 aromatic rings. The third kappa shape index (κ3) is 2.15. The molecule has 0 atom stereocenters. The molecule has 2 radical (unpaired) electrons. The second-order valence-corrected chi connectivity index (χ2v) is 1.10. The van der Waals surface area contributed by atoms with E-state index >= 15 is 0 Å². The Kier molecular flexibility index (Phi) is 3.27. The molecule has 0 heterocycles. The molecule has 20 valence electrons. The van der Waals surface area contributed by atoms with Crippen LogP contribution in [0.25, 0.3) is 0 Å². The Morgan fingerprint density at radius 3 is 2.00 bits per heavy atom. The van der Waals surface area contributed by atoms with E-state index in [-0.39, 0.29) is 0 Å². The number of hydrogen-bond acceptors (Lipinski definition) is 0. The zero-order valence-corrected chi connectivity index (χ0v) is 4.46. The zero-order chi connectivity index (χ0) is 3.41. The van der Waals surface area contributed by atoms with E-state index in [1.165, 1.54) is 0 Å². The molecule has 0 aromatic carbocycles. The van der Waals surface area contributed by atoms with Crippen molar-refractivity contribution in [3.8, 4) is 0 Å². The van der Waals surface area contributed by atoms with Gasteiger partial charge in [-0.05, 0) is 0 Å². The molecule has 0 fully saturated rings. The molecule has 4 heavy (non-hydrogen) atoms. The van der Waals surface area contributed by atoms with E-state index in [1.807, 2.05) is 20.9 Å². The van der Waals surface area contributed by atoms with Crippen LogP contribution in [0.15, 0.2) is 12.7 Å². The molecule has 0 nitrogen and oxygen atoms in total. The monoisotopic (exact) mass is 114 g/mol. The van der Waals surface area contributed by atoms with Crippen molar-refractivity contribution >= 4 is 20.9 Å². The van der Waals surface area contributed by atoms with Gasteiger partial charge in [-0.2, -0.15) is 0 Å². The van der Waals surface area contributed by atoms with Crippen LogP contribution < -0.4 is 0 Å². The fraction of sp³-hybridized carbons (Fsp3) is 0. The first-order valence-electron chi connectivity index (χ1n) is 1.03. The molecule has 0 aliphatic carbocycles. The average Bonchev–Trinajstić information content (AvgIpc) is 1.37. The Bertz CT molecular complexity index is 24.3. The summed E-state index contributed by atoms with van der Waals surface area (Å²) in [7, 11) is 0. The molecule has 0 amide bonds. The molecule has 0 bridgehead atoms. The first-order valence-corrected chi connectivity index (χ1v) is 2.24. The third-order valence-electron chi connectivity index (χ3n) is 0.118. The second-order valence-electron chi connectivity index (χ2n) is 0.402. The van der Waals surface area contributed by atoms with Crippen LogP contribution in [0.3, 0.4) is 0 Å². The number of allylic oxidation sites excluding steroid dienone is 1. The topological polar surface area (TPSA) is 0 Å². The Hall–Kier alpha value is 0.153. The molecule has 0 rings (SSSR count). The van der Waals surface area contributed by atoms with Crippen LogP contribution in [-0.4, -0.2) is 20.9 Å². The van der Waals surface area contributed by atoms with Gasteiger partial charge in [0.15, 0.2) is 0 Å². The van der Waals surface area contributed by atoms with E-state index in [1.54, 1.807) is 6.08 Å². The summed E-state index contributed by atoms with van der Waals surface area (Å²) >= 11 is 1.94. The van der Waals surface area contributed by atoms with Gasteiger partial charge >= 0.3 is 33.6 Å². The van der Waals surface area contributed by atoms with E-state index in [9.17, 15) is 0 Å². The van der Waals surface area contributed by atoms with Crippen molar-refractivity contribution < 1.29 is 0 Å². The van der Waals surface area contributed by atoms with Gasteiger partial charge in [-0.3, -0.25) is 0 Å². The number of rotatable bonds is 1. The molecular weight excluding hydrogens is 109 g/mol. The molecule has 0 aromatic heterocycles. The van der Waals surface area contributed by atoms with Gasteiger partial charge in [0.05, 0.1) is 0 Å². The molecule has 0 N–H and O–H groups in total. The minimum absolute atomic E-state index is 1.75. The van der Waals surface area contributed by atoms with E-state index in [0.717, 1.165) is 0 Å². The van der Waals surface area contributed by atoms with Crippen molar-refractivity contribution in [2.75, 3.05) is 0 Å². The van der Waals surface area contributed by atoms with Gasteiger partial charge in [-0.1, -0.05) is 0 Å². The first-order chi connectivity index (χ1) is 1.91. The van der Waals surface area contributed by atoms with Crippen LogP contribution in [0.4, 0.5) is 0 Å². The first kappa shape index (κ1) is 4.15.